The number of benzene rings is 1. The Kier molecular flexibility index (Phi) is 3.29. The summed E-state index contributed by atoms with van der Waals surface area (Å²) in [7, 11) is 1.68. The molecule has 86 valence electrons. The number of carbonyl (C=O) groups is 1. The standard InChI is InChI=1S/C12H16N2O2/c1-16-12-5-3-2-4-11(12)14-8-6-13(10-15)7-9-14/h2-5,10H,6-9H2,1H3. The van der Waals surface area contributed by atoms with Gasteiger partial charge in [0.15, 0.2) is 0 Å². The Labute approximate surface area is 95.4 Å². The Morgan fingerprint density at radius 1 is 1.19 bits per heavy atom. The molecule has 4 nitrogen and oxygen atoms in total. The summed E-state index contributed by atoms with van der Waals surface area (Å²) in [5.41, 5.74) is 1.11. The smallest absolute Gasteiger partial charge is 0.209 e. The largest absolute Gasteiger partial charge is 0.495 e. The van der Waals surface area contributed by atoms with Gasteiger partial charge in [0, 0.05) is 26.2 Å². The zero-order valence-corrected chi connectivity index (χ0v) is 9.43. The first-order valence-electron chi connectivity index (χ1n) is 5.42. The van der Waals surface area contributed by atoms with Crippen LogP contribution in [-0.2, 0) is 4.79 Å². The van der Waals surface area contributed by atoms with Crippen molar-refractivity contribution in [3.63, 3.8) is 0 Å². The van der Waals surface area contributed by atoms with Crippen LogP contribution in [0.2, 0.25) is 0 Å². The lowest BCUT2D eigenvalue weighted by atomic mass is 10.2. The summed E-state index contributed by atoms with van der Waals surface area (Å²) in [5.74, 6) is 0.891. The van der Waals surface area contributed by atoms with E-state index in [9.17, 15) is 4.79 Å². The van der Waals surface area contributed by atoms with Gasteiger partial charge in [0.25, 0.3) is 0 Å². The van der Waals surface area contributed by atoms with Gasteiger partial charge in [-0.3, -0.25) is 4.79 Å². The van der Waals surface area contributed by atoms with Gasteiger partial charge in [-0.15, -0.1) is 0 Å². The van der Waals surface area contributed by atoms with E-state index in [0.717, 1.165) is 44.0 Å². The van der Waals surface area contributed by atoms with Crippen LogP contribution < -0.4 is 9.64 Å². The van der Waals surface area contributed by atoms with E-state index in [2.05, 4.69) is 11.0 Å². The van der Waals surface area contributed by atoms with Crippen molar-refractivity contribution in [3.05, 3.63) is 24.3 Å². The minimum atomic E-state index is 0.779. The summed E-state index contributed by atoms with van der Waals surface area (Å²) in [6, 6.07) is 7.98. The molecule has 1 aromatic rings. The highest BCUT2D eigenvalue weighted by molar-refractivity contribution is 5.59. The van der Waals surface area contributed by atoms with Crippen molar-refractivity contribution >= 4 is 12.1 Å². The number of piperazine rings is 1. The van der Waals surface area contributed by atoms with Crippen molar-refractivity contribution in [2.45, 2.75) is 0 Å². The Morgan fingerprint density at radius 2 is 1.88 bits per heavy atom. The first kappa shape index (κ1) is 10.8. The van der Waals surface area contributed by atoms with Crippen LogP contribution in [0.3, 0.4) is 0 Å². The molecular formula is C12H16N2O2. The average molecular weight is 220 g/mol. The molecule has 0 unspecified atom stereocenters. The molecular weight excluding hydrogens is 204 g/mol. The van der Waals surface area contributed by atoms with E-state index >= 15 is 0 Å². The molecule has 1 fully saturated rings. The molecule has 0 radical (unpaired) electrons. The van der Waals surface area contributed by atoms with Gasteiger partial charge < -0.3 is 14.5 Å². The second kappa shape index (κ2) is 4.88. The predicted molar refractivity (Wildman–Crippen MR) is 62.8 cm³/mol. The molecule has 1 amide bonds. The number of methoxy groups -OCH3 is 1. The number of rotatable bonds is 3. The lowest BCUT2D eigenvalue weighted by Gasteiger charge is -2.34. The Morgan fingerprint density at radius 3 is 2.50 bits per heavy atom. The van der Waals surface area contributed by atoms with Crippen LogP contribution in [0.25, 0.3) is 0 Å². The lowest BCUT2D eigenvalue weighted by molar-refractivity contribution is -0.118. The monoisotopic (exact) mass is 220 g/mol. The molecule has 1 aliphatic rings. The number of hydrogen-bond donors (Lipinski definition) is 0. The van der Waals surface area contributed by atoms with Crippen LogP contribution in [0.5, 0.6) is 5.75 Å². The van der Waals surface area contributed by atoms with Gasteiger partial charge in [-0.2, -0.15) is 0 Å². The maximum Gasteiger partial charge on any atom is 0.209 e. The molecule has 1 heterocycles. The molecule has 1 aliphatic heterocycles. The molecule has 0 atom stereocenters. The molecule has 0 aliphatic carbocycles. The number of hydrogen-bond acceptors (Lipinski definition) is 3. The fourth-order valence-corrected chi connectivity index (χ4v) is 1.96. The summed E-state index contributed by atoms with van der Waals surface area (Å²) in [6.07, 6.45) is 0.916. The number of ether oxygens (including phenoxy) is 1. The van der Waals surface area contributed by atoms with Crippen molar-refractivity contribution in [1.82, 2.24) is 4.90 Å². The highest BCUT2D eigenvalue weighted by Crippen LogP contribution is 2.28. The highest BCUT2D eigenvalue weighted by atomic mass is 16.5. The van der Waals surface area contributed by atoms with Gasteiger partial charge in [0.05, 0.1) is 12.8 Å². The van der Waals surface area contributed by atoms with Crippen LogP contribution in [0.15, 0.2) is 24.3 Å². The zero-order valence-electron chi connectivity index (χ0n) is 9.43. The van der Waals surface area contributed by atoms with Crippen molar-refractivity contribution < 1.29 is 9.53 Å². The summed E-state index contributed by atoms with van der Waals surface area (Å²) in [5, 5.41) is 0. The molecule has 0 aromatic heterocycles. The van der Waals surface area contributed by atoms with E-state index < -0.39 is 0 Å². The third-order valence-corrected chi connectivity index (χ3v) is 2.89. The van der Waals surface area contributed by atoms with Gasteiger partial charge in [-0.1, -0.05) is 12.1 Å². The maximum atomic E-state index is 10.6. The lowest BCUT2D eigenvalue weighted by Crippen LogP contribution is -2.45. The third kappa shape index (κ3) is 2.10. The van der Waals surface area contributed by atoms with E-state index in [-0.39, 0.29) is 0 Å². The molecule has 0 N–H and O–H groups in total. The van der Waals surface area contributed by atoms with Gasteiger partial charge in [0.2, 0.25) is 6.41 Å². The maximum absolute atomic E-state index is 10.6. The number of amides is 1. The number of carbonyl (C=O) groups excluding carboxylic acids is 1. The van der Waals surface area contributed by atoms with Gasteiger partial charge in [-0.05, 0) is 12.1 Å². The minimum Gasteiger partial charge on any atom is -0.495 e. The molecule has 2 rings (SSSR count). The van der Waals surface area contributed by atoms with Crippen LogP contribution >= 0.6 is 0 Å². The summed E-state index contributed by atoms with van der Waals surface area (Å²) < 4.78 is 5.33. The average Bonchev–Trinajstić information content (AvgIpc) is 2.39. The molecule has 0 spiro atoms. The zero-order chi connectivity index (χ0) is 11.4. The fourth-order valence-electron chi connectivity index (χ4n) is 1.96. The third-order valence-electron chi connectivity index (χ3n) is 2.89. The Balaban J connectivity index is 2.10. The second-order valence-electron chi connectivity index (χ2n) is 3.80. The second-order valence-corrected chi connectivity index (χ2v) is 3.80. The van der Waals surface area contributed by atoms with E-state index in [0.29, 0.717) is 0 Å². The fraction of sp³-hybridized carbons (Fsp3) is 0.417. The topological polar surface area (TPSA) is 32.8 Å². The van der Waals surface area contributed by atoms with Crippen molar-refractivity contribution in [3.8, 4) is 5.75 Å². The Bertz CT molecular complexity index is 360. The number of para-hydroxylation sites is 2. The van der Waals surface area contributed by atoms with Crippen LogP contribution in [0, 0.1) is 0 Å². The molecule has 1 saturated heterocycles. The summed E-state index contributed by atoms with van der Waals surface area (Å²) >= 11 is 0. The first-order valence-corrected chi connectivity index (χ1v) is 5.42. The SMILES string of the molecule is COc1ccccc1N1CCN(C=O)CC1. The number of nitrogens with zero attached hydrogens (tertiary/aromatic N) is 2. The molecule has 4 heteroatoms. The van der Waals surface area contributed by atoms with Crippen molar-refractivity contribution in [2.24, 2.45) is 0 Å². The minimum absolute atomic E-state index is 0.779. The van der Waals surface area contributed by atoms with Gasteiger partial charge in [-0.25, -0.2) is 0 Å². The highest BCUT2D eigenvalue weighted by Gasteiger charge is 2.17. The van der Waals surface area contributed by atoms with Crippen LogP contribution in [-0.4, -0.2) is 44.6 Å². The van der Waals surface area contributed by atoms with E-state index in [4.69, 9.17) is 4.74 Å². The van der Waals surface area contributed by atoms with Crippen molar-refractivity contribution in [2.75, 3.05) is 38.2 Å². The van der Waals surface area contributed by atoms with Gasteiger partial charge >= 0.3 is 0 Å². The summed E-state index contributed by atoms with van der Waals surface area (Å²) in [4.78, 5) is 14.7. The molecule has 0 bridgehead atoms. The van der Waals surface area contributed by atoms with E-state index in [1.54, 1.807) is 12.0 Å². The normalized spacial score (nSPS) is 16.1. The van der Waals surface area contributed by atoms with Gasteiger partial charge in [0.1, 0.15) is 5.75 Å². The molecule has 16 heavy (non-hydrogen) atoms. The summed E-state index contributed by atoms with van der Waals surface area (Å²) in [6.45, 7) is 3.28. The molecule has 0 saturated carbocycles. The van der Waals surface area contributed by atoms with E-state index in [1.807, 2.05) is 18.2 Å². The van der Waals surface area contributed by atoms with Crippen LogP contribution in [0.1, 0.15) is 0 Å². The predicted octanol–water partition coefficient (Wildman–Crippen LogP) is 0.974. The van der Waals surface area contributed by atoms with Crippen molar-refractivity contribution in [1.29, 1.82) is 0 Å². The molecule has 1 aromatic carbocycles. The van der Waals surface area contributed by atoms with E-state index in [1.165, 1.54) is 0 Å². The number of anilines is 1. The van der Waals surface area contributed by atoms with Crippen LogP contribution in [0.4, 0.5) is 5.69 Å². The first-order chi connectivity index (χ1) is 7.85. The Hall–Kier alpha value is -1.71. The quantitative estimate of drug-likeness (QED) is 0.712.